The van der Waals surface area contributed by atoms with Crippen LogP contribution in [-0.2, 0) is 4.74 Å². The maximum Gasteiger partial charge on any atom is 0.329 e. The zero-order chi connectivity index (χ0) is 14.0. The fourth-order valence-corrected chi connectivity index (χ4v) is 2.37. The van der Waals surface area contributed by atoms with E-state index in [-0.39, 0.29) is 22.9 Å². The summed E-state index contributed by atoms with van der Waals surface area (Å²) < 4.78 is 5.40. The van der Waals surface area contributed by atoms with Crippen LogP contribution in [0.1, 0.15) is 13.3 Å². The fraction of sp³-hybridized carbons (Fsp3) is 0.636. The topological polar surface area (TPSA) is 81.4 Å². The van der Waals surface area contributed by atoms with E-state index >= 15 is 0 Å². The molecule has 0 radical (unpaired) electrons. The van der Waals surface area contributed by atoms with E-state index in [1.165, 1.54) is 0 Å². The van der Waals surface area contributed by atoms with Gasteiger partial charge in [-0.1, -0.05) is 6.92 Å². The molecule has 0 spiro atoms. The third kappa shape index (κ3) is 2.93. The Morgan fingerprint density at radius 1 is 1.63 bits per heavy atom. The summed E-state index contributed by atoms with van der Waals surface area (Å²) in [5.41, 5.74) is -0.131. The Balaban J connectivity index is 2.31. The Labute approximate surface area is 115 Å². The monoisotopic (exact) mass is 286 g/mol. The molecule has 1 aromatic rings. The summed E-state index contributed by atoms with van der Waals surface area (Å²) in [6.45, 7) is 3.36. The number of ether oxygens (including phenoxy) is 1. The van der Waals surface area contributed by atoms with E-state index in [9.17, 15) is 10.1 Å². The van der Waals surface area contributed by atoms with Gasteiger partial charge in [0, 0.05) is 20.2 Å². The summed E-state index contributed by atoms with van der Waals surface area (Å²) in [6.07, 6.45) is 2.06. The lowest BCUT2D eigenvalue weighted by atomic mass is 9.96. The number of nitrogens with zero attached hydrogens (tertiary/aromatic N) is 4. The van der Waals surface area contributed by atoms with Gasteiger partial charge in [-0.05, 0) is 23.9 Å². The van der Waals surface area contributed by atoms with Gasteiger partial charge in [0.1, 0.15) is 6.20 Å². The lowest BCUT2D eigenvalue weighted by molar-refractivity contribution is -0.384. The quantitative estimate of drug-likeness (QED) is 0.479. The highest BCUT2D eigenvalue weighted by Crippen LogP contribution is 2.30. The molecule has 1 aliphatic heterocycles. The SMILES string of the molecule is COC1CN(c2nc(Cl)ncc2[N+](=O)[O-])CCC1C. The summed E-state index contributed by atoms with van der Waals surface area (Å²) in [7, 11) is 1.64. The van der Waals surface area contributed by atoms with E-state index in [0.29, 0.717) is 19.0 Å². The van der Waals surface area contributed by atoms with Crippen molar-refractivity contribution in [3.63, 3.8) is 0 Å². The van der Waals surface area contributed by atoms with E-state index in [1.807, 2.05) is 4.90 Å². The zero-order valence-electron chi connectivity index (χ0n) is 10.7. The maximum absolute atomic E-state index is 11.0. The third-order valence-corrected chi connectivity index (χ3v) is 3.59. The van der Waals surface area contributed by atoms with Crippen molar-refractivity contribution >= 4 is 23.1 Å². The summed E-state index contributed by atoms with van der Waals surface area (Å²) in [4.78, 5) is 20.0. The first-order chi connectivity index (χ1) is 9.02. The van der Waals surface area contributed by atoms with Crippen LogP contribution in [0.15, 0.2) is 6.20 Å². The van der Waals surface area contributed by atoms with Gasteiger partial charge in [-0.3, -0.25) is 10.1 Å². The molecular formula is C11H15ClN4O3. The van der Waals surface area contributed by atoms with Gasteiger partial charge in [0.05, 0.1) is 11.0 Å². The summed E-state index contributed by atoms with van der Waals surface area (Å²) in [5, 5.41) is 11.0. The van der Waals surface area contributed by atoms with E-state index < -0.39 is 4.92 Å². The Hall–Kier alpha value is -1.47. The molecule has 2 heterocycles. The molecule has 19 heavy (non-hydrogen) atoms. The van der Waals surface area contributed by atoms with Gasteiger partial charge >= 0.3 is 5.69 Å². The molecule has 0 bridgehead atoms. The average Bonchev–Trinajstić information content (AvgIpc) is 2.38. The lowest BCUT2D eigenvalue weighted by Gasteiger charge is -2.36. The molecule has 0 N–H and O–H groups in total. The number of rotatable bonds is 3. The molecule has 0 aliphatic carbocycles. The van der Waals surface area contributed by atoms with Crippen molar-refractivity contribution < 1.29 is 9.66 Å². The van der Waals surface area contributed by atoms with Gasteiger partial charge in [0.15, 0.2) is 0 Å². The van der Waals surface area contributed by atoms with Crippen LogP contribution in [-0.4, -0.2) is 41.2 Å². The number of nitro groups is 1. The third-order valence-electron chi connectivity index (χ3n) is 3.41. The molecule has 2 atom stereocenters. The van der Waals surface area contributed by atoms with E-state index in [0.717, 1.165) is 12.6 Å². The number of methoxy groups -OCH3 is 1. The highest BCUT2D eigenvalue weighted by Gasteiger charge is 2.31. The van der Waals surface area contributed by atoms with Crippen LogP contribution in [0.5, 0.6) is 0 Å². The van der Waals surface area contributed by atoms with Crippen LogP contribution in [0.3, 0.4) is 0 Å². The Bertz CT molecular complexity index is 485. The van der Waals surface area contributed by atoms with Gasteiger partial charge in [-0.15, -0.1) is 0 Å². The van der Waals surface area contributed by atoms with Crippen molar-refractivity contribution in [1.82, 2.24) is 9.97 Å². The van der Waals surface area contributed by atoms with E-state index in [2.05, 4.69) is 16.9 Å². The molecule has 1 saturated heterocycles. The van der Waals surface area contributed by atoms with Gasteiger partial charge < -0.3 is 9.64 Å². The standard InChI is InChI=1S/C11H15ClN4O3/c1-7-3-4-15(6-9(7)19-2)10-8(16(17)18)5-13-11(12)14-10/h5,7,9H,3-4,6H2,1-2H3. The normalized spacial score (nSPS) is 23.4. The second-order valence-electron chi connectivity index (χ2n) is 4.59. The second-order valence-corrected chi connectivity index (χ2v) is 4.93. The molecule has 0 amide bonds. The van der Waals surface area contributed by atoms with E-state index in [1.54, 1.807) is 7.11 Å². The smallest absolute Gasteiger partial charge is 0.329 e. The van der Waals surface area contributed by atoms with E-state index in [4.69, 9.17) is 16.3 Å². The number of piperidine rings is 1. The molecular weight excluding hydrogens is 272 g/mol. The molecule has 1 aromatic heterocycles. The lowest BCUT2D eigenvalue weighted by Crippen LogP contribution is -2.44. The van der Waals surface area contributed by atoms with Crippen molar-refractivity contribution in [2.24, 2.45) is 5.92 Å². The van der Waals surface area contributed by atoms with Crippen LogP contribution in [0.4, 0.5) is 11.5 Å². The molecule has 7 nitrogen and oxygen atoms in total. The summed E-state index contributed by atoms with van der Waals surface area (Å²) >= 11 is 5.74. The van der Waals surface area contributed by atoms with Gasteiger partial charge in [-0.25, -0.2) is 4.98 Å². The van der Waals surface area contributed by atoms with Crippen LogP contribution in [0.2, 0.25) is 5.28 Å². The van der Waals surface area contributed by atoms with Gasteiger partial charge in [0.25, 0.3) is 0 Å². The summed E-state index contributed by atoms with van der Waals surface area (Å²) in [5.74, 6) is 0.677. The zero-order valence-corrected chi connectivity index (χ0v) is 11.5. The fourth-order valence-electron chi connectivity index (χ4n) is 2.24. The van der Waals surface area contributed by atoms with Crippen molar-refractivity contribution in [3.05, 3.63) is 21.6 Å². The molecule has 104 valence electrons. The molecule has 2 unspecified atom stereocenters. The highest BCUT2D eigenvalue weighted by atomic mass is 35.5. The van der Waals surface area contributed by atoms with Crippen molar-refractivity contribution in [3.8, 4) is 0 Å². The molecule has 0 saturated carbocycles. The molecule has 0 aromatic carbocycles. The van der Waals surface area contributed by atoms with Crippen LogP contribution >= 0.6 is 11.6 Å². The minimum atomic E-state index is -0.495. The van der Waals surface area contributed by atoms with Gasteiger partial charge in [-0.2, -0.15) is 4.98 Å². The van der Waals surface area contributed by atoms with Crippen molar-refractivity contribution in [1.29, 1.82) is 0 Å². The van der Waals surface area contributed by atoms with Gasteiger partial charge in [0.2, 0.25) is 11.1 Å². The minimum Gasteiger partial charge on any atom is -0.379 e. The number of hydrogen-bond acceptors (Lipinski definition) is 6. The number of anilines is 1. The Morgan fingerprint density at radius 2 is 2.37 bits per heavy atom. The van der Waals surface area contributed by atoms with Crippen LogP contribution in [0.25, 0.3) is 0 Å². The number of aromatic nitrogens is 2. The summed E-state index contributed by atoms with van der Waals surface area (Å²) in [6, 6.07) is 0. The van der Waals surface area contributed by atoms with Crippen LogP contribution < -0.4 is 4.90 Å². The second kappa shape index (κ2) is 5.66. The molecule has 2 rings (SSSR count). The number of hydrogen-bond donors (Lipinski definition) is 0. The first-order valence-corrected chi connectivity index (χ1v) is 6.35. The highest BCUT2D eigenvalue weighted by molar-refractivity contribution is 6.28. The average molecular weight is 287 g/mol. The first-order valence-electron chi connectivity index (χ1n) is 5.97. The molecule has 1 aliphatic rings. The number of halogens is 1. The molecule has 1 fully saturated rings. The Kier molecular flexibility index (Phi) is 4.16. The maximum atomic E-state index is 11.0. The first kappa shape index (κ1) is 14.0. The van der Waals surface area contributed by atoms with Crippen LogP contribution in [0, 0.1) is 16.0 Å². The largest absolute Gasteiger partial charge is 0.379 e. The van der Waals surface area contributed by atoms with Crippen molar-refractivity contribution in [2.45, 2.75) is 19.4 Å². The predicted octanol–water partition coefficient (Wildman–Crippen LogP) is 1.90. The molecule has 8 heteroatoms. The minimum absolute atomic E-state index is 0.00758. The Morgan fingerprint density at radius 3 is 3.00 bits per heavy atom. The predicted molar refractivity (Wildman–Crippen MR) is 70.5 cm³/mol. The van der Waals surface area contributed by atoms with Crippen molar-refractivity contribution in [2.75, 3.05) is 25.1 Å².